The average molecular weight is 449 g/mol. The summed E-state index contributed by atoms with van der Waals surface area (Å²) in [5.74, 6) is -1.06. The zero-order valence-corrected chi connectivity index (χ0v) is 19.3. The molecule has 1 saturated carbocycles. The Morgan fingerprint density at radius 1 is 1.15 bits per heavy atom. The molecule has 0 saturated heterocycles. The molecule has 0 bridgehead atoms. The predicted octanol–water partition coefficient (Wildman–Crippen LogP) is 4.55. The first-order chi connectivity index (χ1) is 15.7. The Hall–Kier alpha value is -3.15. The molecule has 2 aliphatic rings. The third-order valence-electron chi connectivity index (χ3n) is 7.94. The minimum atomic E-state index is -0.833. The van der Waals surface area contributed by atoms with E-state index in [0.717, 1.165) is 47.0 Å². The standard InChI is InChI=1S/C27H29FN2O3/c1-26(2)16-27(26,17-8-10-18(28)11-9-17)25(33)29(3)19-12-13-23-21(14-24(31)32)20-6-4-5-7-22(20)30(23)15-19/h4-11,19H,12-16H2,1-3H3,(H,31,32)/t19-,27?/m1/s1. The monoisotopic (exact) mass is 448 g/mol. The average Bonchev–Trinajstić information content (AvgIpc) is 3.26. The Balaban J connectivity index is 1.47. The van der Waals surface area contributed by atoms with Crippen molar-refractivity contribution < 1.29 is 19.1 Å². The summed E-state index contributed by atoms with van der Waals surface area (Å²) in [5.41, 5.74) is 3.02. The molecule has 6 heteroatoms. The molecule has 1 aromatic heterocycles. The highest BCUT2D eigenvalue weighted by Crippen LogP contribution is 2.65. The second kappa shape index (κ2) is 7.44. The number of para-hydroxylation sites is 1. The number of aromatic nitrogens is 1. The van der Waals surface area contributed by atoms with Gasteiger partial charge in [-0.3, -0.25) is 9.59 Å². The minimum absolute atomic E-state index is 0.00412. The number of fused-ring (bicyclic) bond motifs is 3. The highest BCUT2D eigenvalue weighted by atomic mass is 19.1. The number of benzene rings is 2. The van der Waals surface area contributed by atoms with Crippen LogP contribution in [0.5, 0.6) is 0 Å². The number of rotatable bonds is 5. The number of carboxylic acid groups (broad SMARTS) is 1. The quantitative estimate of drug-likeness (QED) is 0.623. The van der Waals surface area contributed by atoms with Crippen molar-refractivity contribution in [2.24, 2.45) is 5.41 Å². The number of carboxylic acids is 1. The maximum Gasteiger partial charge on any atom is 0.307 e. The van der Waals surface area contributed by atoms with Gasteiger partial charge in [0.05, 0.1) is 11.8 Å². The summed E-state index contributed by atoms with van der Waals surface area (Å²) >= 11 is 0. The van der Waals surface area contributed by atoms with Gasteiger partial charge in [0, 0.05) is 36.2 Å². The number of halogens is 1. The van der Waals surface area contributed by atoms with E-state index in [1.54, 1.807) is 12.1 Å². The zero-order valence-electron chi connectivity index (χ0n) is 19.3. The van der Waals surface area contributed by atoms with E-state index in [2.05, 4.69) is 18.4 Å². The summed E-state index contributed by atoms with van der Waals surface area (Å²) in [6, 6.07) is 14.3. The second-order valence-corrected chi connectivity index (χ2v) is 10.2. The van der Waals surface area contributed by atoms with Crippen LogP contribution in [0.1, 0.15) is 43.5 Å². The molecule has 3 aromatic rings. The molecule has 172 valence electrons. The number of hydrogen-bond acceptors (Lipinski definition) is 2. The summed E-state index contributed by atoms with van der Waals surface area (Å²) in [5, 5.41) is 10.4. The van der Waals surface area contributed by atoms with Crippen molar-refractivity contribution in [3.8, 4) is 0 Å². The lowest BCUT2D eigenvalue weighted by atomic mass is 9.85. The van der Waals surface area contributed by atoms with Gasteiger partial charge < -0.3 is 14.6 Å². The van der Waals surface area contributed by atoms with Gasteiger partial charge in [0.1, 0.15) is 5.82 Å². The van der Waals surface area contributed by atoms with Gasteiger partial charge in [0.25, 0.3) is 0 Å². The number of carbonyl (C=O) groups excluding carboxylic acids is 1. The van der Waals surface area contributed by atoms with Gasteiger partial charge in [0.2, 0.25) is 5.91 Å². The van der Waals surface area contributed by atoms with Gasteiger partial charge in [-0.05, 0) is 54.0 Å². The van der Waals surface area contributed by atoms with Crippen molar-refractivity contribution in [1.82, 2.24) is 9.47 Å². The van der Waals surface area contributed by atoms with Crippen LogP contribution in [0.2, 0.25) is 0 Å². The van der Waals surface area contributed by atoms with E-state index in [4.69, 9.17) is 0 Å². The van der Waals surface area contributed by atoms with Crippen LogP contribution in [0.4, 0.5) is 4.39 Å². The molecule has 1 fully saturated rings. The molecule has 1 amide bonds. The number of carbonyl (C=O) groups is 2. The molecule has 2 aromatic carbocycles. The summed E-state index contributed by atoms with van der Waals surface area (Å²) in [4.78, 5) is 27.3. The van der Waals surface area contributed by atoms with E-state index in [1.807, 2.05) is 36.2 Å². The van der Waals surface area contributed by atoms with E-state index in [0.29, 0.717) is 6.54 Å². The van der Waals surface area contributed by atoms with E-state index in [9.17, 15) is 19.1 Å². The van der Waals surface area contributed by atoms with Crippen LogP contribution in [-0.4, -0.2) is 39.5 Å². The SMILES string of the molecule is CN(C(=O)C1(c2ccc(F)cc2)CC1(C)C)[C@@H]1CCc2c(CC(=O)O)c3ccccc3n2C1. The van der Waals surface area contributed by atoms with Gasteiger partial charge >= 0.3 is 5.97 Å². The molecule has 2 atom stereocenters. The predicted molar refractivity (Wildman–Crippen MR) is 125 cm³/mol. The van der Waals surface area contributed by atoms with Crippen molar-refractivity contribution in [3.05, 3.63) is 71.2 Å². The number of likely N-dealkylation sites (N-methyl/N-ethyl adjacent to an activating group) is 1. The Labute approximate surface area is 192 Å². The summed E-state index contributed by atoms with van der Waals surface area (Å²) in [6.45, 7) is 4.83. The Morgan fingerprint density at radius 2 is 1.82 bits per heavy atom. The van der Waals surface area contributed by atoms with Crippen LogP contribution in [0, 0.1) is 11.2 Å². The highest BCUT2D eigenvalue weighted by Gasteiger charge is 2.68. The Morgan fingerprint density at radius 3 is 2.45 bits per heavy atom. The first kappa shape index (κ1) is 21.7. The number of hydrogen-bond donors (Lipinski definition) is 1. The summed E-state index contributed by atoms with van der Waals surface area (Å²) < 4.78 is 15.8. The molecule has 1 unspecified atom stereocenters. The molecule has 1 N–H and O–H groups in total. The smallest absolute Gasteiger partial charge is 0.307 e. The molecular weight excluding hydrogens is 419 g/mol. The Bertz CT molecular complexity index is 1260. The van der Waals surface area contributed by atoms with Crippen molar-refractivity contribution in [2.75, 3.05) is 7.05 Å². The molecule has 33 heavy (non-hydrogen) atoms. The van der Waals surface area contributed by atoms with Crippen molar-refractivity contribution in [3.63, 3.8) is 0 Å². The first-order valence-electron chi connectivity index (χ1n) is 11.5. The lowest BCUT2D eigenvalue weighted by Gasteiger charge is -2.36. The van der Waals surface area contributed by atoms with E-state index >= 15 is 0 Å². The van der Waals surface area contributed by atoms with Crippen LogP contribution >= 0.6 is 0 Å². The number of nitrogens with zero attached hydrogens (tertiary/aromatic N) is 2. The maximum absolute atomic E-state index is 13.9. The van der Waals surface area contributed by atoms with Crippen LogP contribution in [0.3, 0.4) is 0 Å². The normalized spacial score (nSPS) is 23.2. The first-order valence-corrected chi connectivity index (χ1v) is 11.5. The lowest BCUT2D eigenvalue weighted by molar-refractivity contribution is -0.137. The second-order valence-electron chi connectivity index (χ2n) is 10.2. The van der Waals surface area contributed by atoms with Crippen LogP contribution in [0.15, 0.2) is 48.5 Å². The largest absolute Gasteiger partial charge is 0.481 e. The van der Waals surface area contributed by atoms with Crippen LogP contribution in [0.25, 0.3) is 10.9 Å². The third-order valence-corrected chi connectivity index (χ3v) is 7.94. The van der Waals surface area contributed by atoms with Crippen molar-refractivity contribution in [2.45, 2.75) is 57.5 Å². The Kier molecular flexibility index (Phi) is 4.89. The maximum atomic E-state index is 13.9. The molecular formula is C27H29FN2O3. The molecule has 1 aliphatic carbocycles. The van der Waals surface area contributed by atoms with Gasteiger partial charge in [-0.15, -0.1) is 0 Å². The fourth-order valence-corrected chi connectivity index (χ4v) is 5.99. The molecule has 0 spiro atoms. The molecule has 2 heterocycles. The van der Waals surface area contributed by atoms with Crippen LogP contribution < -0.4 is 0 Å². The lowest BCUT2D eigenvalue weighted by Crippen LogP contribution is -2.48. The van der Waals surface area contributed by atoms with Gasteiger partial charge in [-0.2, -0.15) is 0 Å². The summed E-state index contributed by atoms with van der Waals surface area (Å²) in [7, 11) is 1.88. The van der Waals surface area contributed by atoms with E-state index in [-0.39, 0.29) is 29.6 Å². The van der Waals surface area contributed by atoms with Crippen molar-refractivity contribution >= 4 is 22.8 Å². The van der Waals surface area contributed by atoms with E-state index < -0.39 is 11.4 Å². The fraction of sp³-hybridized carbons (Fsp3) is 0.407. The number of amides is 1. The van der Waals surface area contributed by atoms with Crippen molar-refractivity contribution in [1.29, 1.82) is 0 Å². The molecule has 0 radical (unpaired) electrons. The fourth-order valence-electron chi connectivity index (χ4n) is 5.99. The number of aliphatic carboxylic acids is 1. The zero-order chi connectivity index (χ0) is 23.5. The highest BCUT2D eigenvalue weighted by molar-refractivity contribution is 5.93. The van der Waals surface area contributed by atoms with Gasteiger partial charge in [-0.25, -0.2) is 4.39 Å². The van der Waals surface area contributed by atoms with Crippen LogP contribution in [-0.2, 0) is 34.4 Å². The minimum Gasteiger partial charge on any atom is -0.481 e. The summed E-state index contributed by atoms with van der Waals surface area (Å²) in [6.07, 6.45) is 2.25. The molecule has 1 aliphatic heterocycles. The van der Waals surface area contributed by atoms with Gasteiger partial charge in [-0.1, -0.05) is 44.2 Å². The topological polar surface area (TPSA) is 62.5 Å². The van der Waals surface area contributed by atoms with Gasteiger partial charge in [0.15, 0.2) is 0 Å². The molecule has 5 rings (SSSR count). The molecule has 5 nitrogen and oxygen atoms in total. The van der Waals surface area contributed by atoms with E-state index in [1.165, 1.54) is 12.1 Å². The third kappa shape index (κ3) is 3.26.